The van der Waals surface area contributed by atoms with Crippen LogP contribution in [0, 0.1) is 0 Å². The summed E-state index contributed by atoms with van der Waals surface area (Å²) in [4.78, 5) is 9.04. The second-order valence-electron chi connectivity index (χ2n) is 6.68. The Morgan fingerprint density at radius 3 is 2.71 bits per heavy atom. The molecule has 0 saturated heterocycles. The lowest BCUT2D eigenvalue weighted by Crippen LogP contribution is -2.10. The molecule has 0 saturated carbocycles. The van der Waals surface area contributed by atoms with Gasteiger partial charge in [0.25, 0.3) is 0 Å². The molecule has 0 aliphatic rings. The highest BCUT2D eigenvalue weighted by molar-refractivity contribution is 7.22. The van der Waals surface area contributed by atoms with Crippen molar-refractivity contribution in [1.82, 2.24) is 9.97 Å². The van der Waals surface area contributed by atoms with Gasteiger partial charge in [-0.05, 0) is 35.2 Å². The molecule has 0 amide bonds. The number of thiazole rings is 1. The van der Waals surface area contributed by atoms with Crippen LogP contribution in [-0.4, -0.2) is 9.97 Å². The second kappa shape index (κ2) is 5.46. The summed E-state index contributed by atoms with van der Waals surface area (Å²) in [6.07, 6.45) is 0. The summed E-state index contributed by atoms with van der Waals surface area (Å²) in [5, 5.41) is 4.49. The Morgan fingerprint density at radius 1 is 1.12 bits per heavy atom. The molecular weight excluding hydrogens is 342 g/mol. The summed E-state index contributed by atoms with van der Waals surface area (Å²) < 4.78 is 6.80. The van der Waals surface area contributed by atoms with E-state index in [1.165, 1.54) is 16.9 Å². The first kappa shape index (κ1) is 15.4. The topological polar surface area (TPSA) is 51.0 Å². The SMILES string of the molecule is CC(C)(C)c1ccc2oc(Nc3nc4c(Cl)cccc4s3)nc2c1. The Balaban J connectivity index is 1.69. The molecule has 6 heteroatoms. The maximum absolute atomic E-state index is 6.18. The van der Waals surface area contributed by atoms with Crippen molar-refractivity contribution >= 4 is 55.4 Å². The number of halogens is 1. The van der Waals surface area contributed by atoms with Crippen molar-refractivity contribution in [3.8, 4) is 0 Å². The van der Waals surface area contributed by atoms with E-state index in [-0.39, 0.29) is 5.41 Å². The molecule has 24 heavy (non-hydrogen) atoms. The third kappa shape index (κ3) is 2.74. The minimum Gasteiger partial charge on any atom is -0.423 e. The lowest BCUT2D eigenvalue weighted by Gasteiger charge is -2.18. The molecule has 0 spiro atoms. The van der Waals surface area contributed by atoms with Crippen LogP contribution >= 0.6 is 22.9 Å². The van der Waals surface area contributed by atoms with Crippen LogP contribution in [0.5, 0.6) is 0 Å². The minimum absolute atomic E-state index is 0.0739. The van der Waals surface area contributed by atoms with Gasteiger partial charge in [-0.1, -0.05) is 55.8 Å². The van der Waals surface area contributed by atoms with Crippen LogP contribution in [0.25, 0.3) is 21.3 Å². The van der Waals surface area contributed by atoms with E-state index >= 15 is 0 Å². The maximum Gasteiger partial charge on any atom is 0.302 e. The fourth-order valence-corrected chi connectivity index (χ4v) is 3.66. The van der Waals surface area contributed by atoms with Crippen molar-refractivity contribution in [3.05, 3.63) is 47.0 Å². The van der Waals surface area contributed by atoms with Crippen LogP contribution in [-0.2, 0) is 5.41 Å². The van der Waals surface area contributed by atoms with E-state index in [1.807, 2.05) is 24.3 Å². The molecule has 0 atom stereocenters. The highest BCUT2D eigenvalue weighted by Gasteiger charge is 2.16. The number of hydrogen-bond acceptors (Lipinski definition) is 5. The van der Waals surface area contributed by atoms with E-state index in [1.54, 1.807) is 0 Å². The summed E-state index contributed by atoms with van der Waals surface area (Å²) in [5.41, 5.74) is 3.68. The van der Waals surface area contributed by atoms with Gasteiger partial charge in [0.2, 0.25) is 0 Å². The molecule has 4 aromatic rings. The largest absolute Gasteiger partial charge is 0.423 e. The van der Waals surface area contributed by atoms with Crippen LogP contribution in [0.4, 0.5) is 11.1 Å². The van der Waals surface area contributed by atoms with Gasteiger partial charge in [-0.2, -0.15) is 4.98 Å². The molecular formula is C18H16ClN3OS. The average molecular weight is 358 g/mol. The van der Waals surface area contributed by atoms with Crippen LogP contribution in [0.2, 0.25) is 5.02 Å². The zero-order chi connectivity index (χ0) is 16.9. The van der Waals surface area contributed by atoms with Gasteiger partial charge in [0, 0.05) is 0 Å². The van der Waals surface area contributed by atoms with Gasteiger partial charge < -0.3 is 4.42 Å². The number of oxazole rings is 1. The van der Waals surface area contributed by atoms with Gasteiger partial charge in [0.1, 0.15) is 11.0 Å². The quantitative estimate of drug-likeness (QED) is 0.468. The molecule has 0 aliphatic heterocycles. The molecule has 0 radical (unpaired) electrons. The first-order valence-corrected chi connectivity index (χ1v) is 8.83. The van der Waals surface area contributed by atoms with Gasteiger partial charge in [-0.15, -0.1) is 0 Å². The van der Waals surface area contributed by atoms with E-state index < -0.39 is 0 Å². The van der Waals surface area contributed by atoms with E-state index in [0.29, 0.717) is 16.2 Å². The van der Waals surface area contributed by atoms with Crippen molar-refractivity contribution in [2.45, 2.75) is 26.2 Å². The lowest BCUT2D eigenvalue weighted by atomic mass is 9.87. The van der Waals surface area contributed by atoms with Gasteiger partial charge in [0.15, 0.2) is 10.7 Å². The highest BCUT2D eigenvalue weighted by atomic mass is 35.5. The third-order valence-electron chi connectivity index (χ3n) is 3.84. The third-order valence-corrected chi connectivity index (χ3v) is 5.08. The number of benzene rings is 2. The summed E-state index contributed by atoms with van der Waals surface area (Å²) in [6, 6.07) is 12.3. The normalized spacial score (nSPS) is 12.2. The number of nitrogens with zero attached hydrogens (tertiary/aromatic N) is 2. The number of para-hydroxylation sites is 1. The van der Waals surface area contributed by atoms with Crippen LogP contribution < -0.4 is 5.32 Å². The Hall–Kier alpha value is -2.11. The number of nitrogens with one attached hydrogen (secondary N) is 1. The molecule has 0 unspecified atom stereocenters. The first-order chi connectivity index (χ1) is 11.4. The monoisotopic (exact) mass is 357 g/mol. The Morgan fingerprint density at radius 2 is 1.96 bits per heavy atom. The van der Waals surface area contributed by atoms with Crippen LogP contribution in [0.3, 0.4) is 0 Å². The molecule has 2 aromatic carbocycles. The predicted octanol–water partition coefficient (Wildman–Crippen LogP) is 6.13. The molecule has 1 N–H and O–H groups in total. The second-order valence-corrected chi connectivity index (χ2v) is 8.12. The van der Waals surface area contributed by atoms with Gasteiger partial charge in [0.05, 0.1) is 9.72 Å². The van der Waals surface area contributed by atoms with Crippen molar-refractivity contribution in [1.29, 1.82) is 0 Å². The standard InChI is InChI=1S/C18H16ClN3OS/c1-18(2,3)10-7-8-13-12(9-10)20-16(23-13)22-17-21-15-11(19)5-4-6-14(15)24-17/h4-9H,1-3H3,(H,20,21,22). The summed E-state index contributed by atoms with van der Waals surface area (Å²) in [6.45, 7) is 6.54. The molecule has 2 heterocycles. The minimum atomic E-state index is 0.0739. The predicted molar refractivity (Wildman–Crippen MR) is 101 cm³/mol. The van der Waals surface area contributed by atoms with Crippen molar-refractivity contribution < 1.29 is 4.42 Å². The van der Waals surface area contributed by atoms with E-state index in [4.69, 9.17) is 16.0 Å². The number of aromatic nitrogens is 2. The molecule has 0 fully saturated rings. The van der Waals surface area contributed by atoms with Gasteiger partial charge in [-0.3, -0.25) is 5.32 Å². The number of fused-ring (bicyclic) bond motifs is 2. The number of anilines is 2. The molecule has 0 aliphatic carbocycles. The lowest BCUT2D eigenvalue weighted by molar-refractivity contribution is 0.590. The molecule has 4 rings (SSSR count). The summed E-state index contributed by atoms with van der Waals surface area (Å²) in [7, 11) is 0. The Bertz CT molecular complexity index is 1050. The van der Waals surface area contributed by atoms with E-state index in [2.05, 4.69) is 48.2 Å². The van der Waals surface area contributed by atoms with Gasteiger partial charge in [-0.25, -0.2) is 4.98 Å². The van der Waals surface area contributed by atoms with E-state index in [9.17, 15) is 0 Å². The van der Waals surface area contributed by atoms with Crippen molar-refractivity contribution in [2.24, 2.45) is 0 Å². The van der Waals surface area contributed by atoms with Gasteiger partial charge >= 0.3 is 6.01 Å². The smallest absolute Gasteiger partial charge is 0.302 e. The molecule has 2 aromatic heterocycles. The first-order valence-electron chi connectivity index (χ1n) is 7.63. The average Bonchev–Trinajstić information content (AvgIpc) is 3.09. The fraction of sp³-hybridized carbons (Fsp3) is 0.222. The van der Waals surface area contributed by atoms with Crippen molar-refractivity contribution in [3.63, 3.8) is 0 Å². The zero-order valence-electron chi connectivity index (χ0n) is 13.6. The number of hydrogen-bond donors (Lipinski definition) is 1. The molecule has 122 valence electrons. The summed E-state index contributed by atoms with van der Waals surface area (Å²) in [5.74, 6) is 0. The fourth-order valence-electron chi connectivity index (χ4n) is 2.51. The van der Waals surface area contributed by atoms with Crippen LogP contribution in [0.1, 0.15) is 26.3 Å². The zero-order valence-corrected chi connectivity index (χ0v) is 15.1. The Labute approximate surface area is 148 Å². The van der Waals surface area contributed by atoms with E-state index in [0.717, 1.165) is 21.3 Å². The molecule has 4 nitrogen and oxygen atoms in total. The van der Waals surface area contributed by atoms with Crippen molar-refractivity contribution in [2.75, 3.05) is 5.32 Å². The highest BCUT2D eigenvalue weighted by Crippen LogP contribution is 2.33. The maximum atomic E-state index is 6.18. The molecule has 0 bridgehead atoms. The summed E-state index contributed by atoms with van der Waals surface area (Å²) >= 11 is 7.69. The van der Waals surface area contributed by atoms with Crippen LogP contribution in [0.15, 0.2) is 40.8 Å². The number of rotatable bonds is 2. The Kier molecular flexibility index (Phi) is 3.51.